The molecule has 0 aliphatic carbocycles. The predicted molar refractivity (Wildman–Crippen MR) is 65.9 cm³/mol. The molecule has 1 nitrogen and oxygen atoms in total. The SMILES string of the molecule is [CH]=CCO[Si](C(C)C)(C(C)C)C(C)C. The minimum Gasteiger partial charge on any atom is -0.412 e. The molecule has 0 aromatic carbocycles. The van der Waals surface area contributed by atoms with E-state index in [9.17, 15) is 0 Å². The van der Waals surface area contributed by atoms with Crippen LogP contribution < -0.4 is 0 Å². The highest BCUT2D eigenvalue weighted by Crippen LogP contribution is 2.42. The summed E-state index contributed by atoms with van der Waals surface area (Å²) in [6, 6.07) is 0. The van der Waals surface area contributed by atoms with Crippen molar-refractivity contribution >= 4 is 8.32 Å². The second-order valence-corrected chi connectivity index (χ2v) is 10.3. The molecule has 0 amide bonds. The molecule has 0 aromatic heterocycles. The fourth-order valence-electron chi connectivity index (χ4n) is 2.69. The largest absolute Gasteiger partial charge is 0.412 e. The number of hydrogen-bond donors (Lipinski definition) is 0. The van der Waals surface area contributed by atoms with E-state index in [1.807, 2.05) is 0 Å². The Morgan fingerprint density at radius 1 is 1.00 bits per heavy atom. The monoisotopic (exact) mass is 213 g/mol. The minimum atomic E-state index is -1.66. The van der Waals surface area contributed by atoms with Crippen molar-refractivity contribution in [2.24, 2.45) is 0 Å². The van der Waals surface area contributed by atoms with E-state index >= 15 is 0 Å². The molecule has 0 aliphatic rings. The van der Waals surface area contributed by atoms with Crippen LogP contribution in [0.3, 0.4) is 0 Å². The van der Waals surface area contributed by atoms with Crippen LogP contribution in [0.5, 0.6) is 0 Å². The van der Waals surface area contributed by atoms with E-state index in [4.69, 9.17) is 11.0 Å². The van der Waals surface area contributed by atoms with Gasteiger partial charge in [-0.25, -0.2) is 0 Å². The summed E-state index contributed by atoms with van der Waals surface area (Å²) in [5.74, 6) is 0. The van der Waals surface area contributed by atoms with Crippen molar-refractivity contribution in [2.75, 3.05) is 6.61 Å². The lowest BCUT2D eigenvalue weighted by molar-refractivity contribution is 0.316. The third kappa shape index (κ3) is 2.70. The maximum absolute atomic E-state index is 6.12. The maximum atomic E-state index is 6.12. The van der Waals surface area contributed by atoms with Crippen molar-refractivity contribution in [2.45, 2.75) is 58.2 Å². The van der Waals surface area contributed by atoms with Crippen molar-refractivity contribution in [3.05, 3.63) is 12.7 Å². The van der Waals surface area contributed by atoms with Crippen molar-refractivity contribution in [1.29, 1.82) is 0 Å². The first kappa shape index (κ1) is 13.9. The van der Waals surface area contributed by atoms with Crippen LogP contribution in [-0.2, 0) is 4.43 Å². The first-order valence-corrected chi connectivity index (χ1v) is 7.70. The van der Waals surface area contributed by atoms with Gasteiger partial charge in [-0.15, -0.1) is 0 Å². The second kappa shape index (κ2) is 5.71. The Labute approximate surface area is 90.7 Å². The molecule has 0 atom stereocenters. The van der Waals surface area contributed by atoms with Gasteiger partial charge in [0, 0.05) is 0 Å². The van der Waals surface area contributed by atoms with Crippen molar-refractivity contribution in [3.63, 3.8) is 0 Å². The molecule has 2 heteroatoms. The van der Waals surface area contributed by atoms with E-state index < -0.39 is 8.32 Å². The van der Waals surface area contributed by atoms with Gasteiger partial charge < -0.3 is 4.43 Å². The fraction of sp³-hybridized carbons (Fsp3) is 0.833. The van der Waals surface area contributed by atoms with Crippen LogP contribution in [0, 0.1) is 6.58 Å². The zero-order valence-electron chi connectivity index (χ0n) is 10.5. The van der Waals surface area contributed by atoms with Gasteiger partial charge in [0.25, 0.3) is 0 Å². The van der Waals surface area contributed by atoms with Crippen LogP contribution in [0.2, 0.25) is 16.6 Å². The average Bonchev–Trinajstić information content (AvgIpc) is 2.03. The Balaban J connectivity index is 4.84. The van der Waals surface area contributed by atoms with E-state index in [0.717, 1.165) is 0 Å². The molecule has 0 heterocycles. The Kier molecular flexibility index (Phi) is 5.68. The topological polar surface area (TPSA) is 9.23 Å². The van der Waals surface area contributed by atoms with Crippen molar-refractivity contribution in [3.8, 4) is 0 Å². The molecule has 1 radical (unpaired) electrons. The van der Waals surface area contributed by atoms with E-state index in [0.29, 0.717) is 23.2 Å². The zero-order valence-corrected chi connectivity index (χ0v) is 11.5. The molecule has 14 heavy (non-hydrogen) atoms. The van der Waals surface area contributed by atoms with Gasteiger partial charge in [-0.3, -0.25) is 0 Å². The molecular formula is C12H25OSi. The Hall–Kier alpha value is -0.0831. The molecular weight excluding hydrogens is 188 g/mol. The summed E-state index contributed by atoms with van der Waals surface area (Å²) in [5.41, 5.74) is 1.92. The maximum Gasteiger partial charge on any atom is 0.200 e. The summed E-state index contributed by atoms with van der Waals surface area (Å²) in [5, 5.41) is 0. The van der Waals surface area contributed by atoms with E-state index in [2.05, 4.69) is 41.5 Å². The van der Waals surface area contributed by atoms with Gasteiger partial charge in [0.1, 0.15) is 0 Å². The van der Waals surface area contributed by atoms with E-state index in [1.54, 1.807) is 6.08 Å². The highest BCUT2D eigenvalue weighted by molar-refractivity contribution is 6.77. The van der Waals surface area contributed by atoms with E-state index in [-0.39, 0.29) is 0 Å². The standard InChI is InChI=1S/C12H25OSi/c1-8-9-13-14(10(2)3,11(4)5)12(6)7/h1,8,10-12H,9H2,2-7H3. The molecule has 0 rings (SSSR count). The molecule has 0 fully saturated rings. The second-order valence-electron chi connectivity index (χ2n) is 4.86. The summed E-state index contributed by atoms with van der Waals surface area (Å²) < 4.78 is 6.12. The van der Waals surface area contributed by atoms with Gasteiger partial charge in [0.2, 0.25) is 8.32 Å². The van der Waals surface area contributed by atoms with Crippen LogP contribution in [-0.4, -0.2) is 14.9 Å². The quantitative estimate of drug-likeness (QED) is 0.602. The van der Waals surface area contributed by atoms with Crippen LogP contribution >= 0.6 is 0 Å². The minimum absolute atomic E-state index is 0.598. The number of hydrogen-bond acceptors (Lipinski definition) is 1. The highest BCUT2D eigenvalue weighted by atomic mass is 28.4. The van der Waals surface area contributed by atoms with Crippen molar-refractivity contribution < 1.29 is 4.43 Å². The summed E-state index contributed by atoms with van der Waals surface area (Å²) in [6.45, 7) is 19.7. The van der Waals surface area contributed by atoms with Crippen molar-refractivity contribution in [1.82, 2.24) is 0 Å². The lowest BCUT2D eigenvalue weighted by Crippen LogP contribution is -2.47. The normalized spacial score (nSPS) is 12.9. The summed E-state index contributed by atoms with van der Waals surface area (Å²) in [6.07, 6.45) is 1.62. The molecule has 0 saturated carbocycles. The predicted octanol–water partition coefficient (Wildman–Crippen LogP) is 4.17. The van der Waals surface area contributed by atoms with Gasteiger partial charge in [-0.05, 0) is 16.6 Å². The first-order valence-electron chi connectivity index (χ1n) is 5.56. The van der Waals surface area contributed by atoms with Crippen LogP contribution in [0.25, 0.3) is 0 Å². The smallest absolute Gasteiger partial charge is 0.200 e. The molecule has 0 unspecified atom stereocenters. The Morgan fingerprint density at radius 2 is 1.36 bits per heavy atom. The molecule has 0 aromatic rings. The molecule has 0 saturated heterocycles. The van der Waals surface area contributed by atoms with E-state index in [1.165, 1.54) is 0 Å². The summed E-state index contributed by atoms with van der Waals surface area (Å²) >= 11 is 0. The molecule has 0 bridgehead atoms. The molecule has 0 aliphatic heterocycles. The van der Waals surface area contributed by atoms with Gasteiger partial charge >= 0.3 is 0 Å². The molecule has 83 valence electrons. The summed E-state index contributed by atoms with van der Waals surface area (Å²) in [4.78, 5) is 0. The zero-order chi connectivity index (χ0) is 11.4. The van der Waals surface area contributed by atoms with Crippen LogP contribution in [0.15, 0.2) is 6.08 Å². The van der Waals surface area contributed by atoms with Gasteiger partial charge in [-0.1, -0.05) is 54.2 Å². The fourth-order valence-corrected chi connectivity index (χ4v) is 8.08. The van der Waals surface area contributed by atoms with Gasteiger partial charge in [0.05, 0.1) is 6.61 Å². The van der Waals surface area contributed by atoms with Gasteiger partial charge in [0.15, 0.2) is 0 Å². The first-order chi connectivity index (χ1) is 6.39. The highest BCUT2D eigenvalue weighted by Gasteiger charge is 2.44. The average molecular weight is 213 g/mol. The number of rotatable bonds is 6. The molecule has 0 spiro atoms. The van der Waals surface area contributed by atoms with Crippen LogP contribution in [0.4, 0.5) is 0 Å². The lowest BCUT2D eigenvalue weighted by Gasteiger charge is -2.41. The molecule has 0 N–H and O–H groups in total. The summed E-state index contributed by atoms with van der Waals surface area (Å²) in [7, 11) is -1.66. The van der Waals surface area contributed by atoms with Gasteiger partial charge in [-0.2, -0.15) is 0 Å². The third-order valence-electron chi connectivity index (χ3n) is 3.14. The third-order valence-corrected chi connectivity index (χ3v) is 9.22. The van der Waals surface area contributed by atoms with Crippen LogP contribution in [0.1, 0.15) is 41.5 Å². The lowest BCUT2D eigenvalue weighted by atomic mass is 10.5. The Bertz CT molecular complexity index is 151. The Morgan fingerprint density at radius 3 is 1.57 bits per heavy atom.